The van der Waals surface area contributed by atoms with E-state index >= 15 is 0 Å². The molecule has 0 radical (unpaired) electrons. The van der Waals surface area contributed by atoms with Crippen molar-refractivity contribution in [1.29, 1.82) is 5.26 Å². The van der Waals surface area contributed by atoms with Crippen LogP contribution in [0.2, 0.25) is 0 Å². The lowest BCUT2D eigenvalue weighted by molar-refractivity contribution is 1.13. The Kier molecular flexibility index (Phi) is 4.08. The molecule has 0 saturated carbocycles. The molecule has 4 heteroatoms. The minimum absolute atomic E-state index is 0.610. The summed E-state index contributed by atoms with van der Waals surface area (Å²) in [6, 6.07) is 15.9. The maximum absolute atomic E-state index is 9.17. The first-order valence-electron chi connectivity index (χ1n) is 5.85. The molecule has 0 aromatic heterocycles. The molecule has 96 valence electrons. The number of halogens is 1. The molecule has 0 heterocycles. The fourth-order valence-corrected chi connectivity index (χ4v) is 2.20. The normalized spacial score (nSPS) is 9.79. The SMILES string of the molecule is CN(C)c1ccc(Nc2cccc(Br)c2C#N)cc1. The van der Waals surface area contributed by atoms with E-state index in [9.17, 15) is 0 Å². The van der Waals surface area contributed by atoms with Crippen molar-refractivity contribution in [2.24, 2.45) is 0 Å². The number of nitrogens with one attached hydrogen (secondary N) is 1. The molecule has 2 rings (SSSR count). The Balaban J connectivity index is 2.27. The van der Waals surface area contributed by atoms with Crippen molar-refractivity contribution in [1.82, 2.24) is 0 Å². The Hall–Kier alpha value is -1.99. The highest BCUT2D eigenvalue weighted by atomic mass is 79.9. The topological polar surface area (TPSA) is 39.1 Å². The number of nitrogens with zero attached hydrogens (tertiary/aromatic N) is 2. The maximum atomic E-state index is 9.17. The van der Waals surface area contributed by atoms with Gasteiger partial charge in [-0.05, 0) is 52.3 Å². The molecule has 0 unspecified atom stereocenters. The number of hydrogen-bond acceptors (Lipinski definition) is 3. The highest BCUT2D eigenvalue weighted by Gasteiger charge is 2.06. The van der Waals surface area contributed by atoms with Crippen molar-refractivity contribution < 1.29 is 0 Å². The third-order valence-electron chi connectivity index (χ3n) is 2.79. The summed E-state index contributed by atoms with van der Waals surface area (Å²) in [5.41, 5.74) is 3.51. The standard InChI is InChI=1S/C15H14BrN3/c1-19(2)12-8-6-11(7-9-12)18-15-5-3-4-14(16)13(15)10-17/h3-9,18H,1-2H3. The van der Waals surface area contributed by atoms with E-state index in [1.165, 1.54) is 0 Å². The Bertz CT molecular complexity index is 612. The fraction of sp³-hybridized carbons (Fsp3) is 0.133. The van der Waals surface area contributed by atoms with Gasteiger partial charge in [0.2, 0.25) is 0 Å². The van der Waals surface area contributed by atoms with Crippen LogP contribution in [0.1, 0.15) is 5.56 Å². The van der Waals surface area contributed by atoms with Crippen LogP contribution in [0.4, 0.5) is 17.1 Å². The van der Waals surface area contributed by atoms with Crippen molar-refractivity contribution >= 4 is 33.0 Å². The van der Waals surface area contributed by atoms with Crippen LogP contribution in [0.5, 0.6) is 0 Å². The van der Waals surface area contributed by atoms with Gasteiger partial charge in [-0.2, -0.15) is 5.26 Å². The van der Waals surface area contributed by atoms with E-state index in [-0.39, 0.29) is 0 Å². The molecular weight excluding hydrogens is 302 g/mol. The molecule has 3 nitrogen and oxygen atoms in total. The molecular formula is C15H14BrN3. The quantitative estimate of drug-likeness (QED) is 0.925. The summed E-state index contributed by atoms with van der Waals surface area (Å²) >= 11 is 3.38. The molecule has 0 atom stereocenters. The zero-order valence-electron chi connectivity index (χ0n) is 10.8. The Morgan fingerprint density at radius 3 is 2.37 bits per heavy atom. The summed E-state index contributed by atoms with van der Waals surface area (Å²) in [4.78, 5) is 2.05. The summed E-state index contributed by atoms with van der Waals surface area (Å²) in [5, 5.41) is 12.4. The monoisotopic (exact) mass is 315 g/mol. The van der Waals surface area contributed by atoms with E-state index in [0.29, 0.717) is 5.56 Å². The van der Waals surface area contributed by atoms with E-state index < -0.39 is 0 Å². The van der Waals surface area contributed by atoms with Gasteiger partial charge in [0.1, 0.15) is 6.07 Å². The molecule has 0 spiro atoms. The van der Waals surface area contributed by atoms with Gasteiger partial charge in [0.05, 0.1) is 11.3 Å². The second-order valence-electron chi connectivity index (χ2n) is 4.34. The van der Waals surface area contributed by atoms with Crippen molar-refractivity contribution in [3.8, 4) is 6.07 Å². The van der Waals surface area contributed by atoms with Gasteiger partial charge in [0, 0.05) is 29.9 Å². The third-order valence-corrected chi connectivity index (χ3v) is 3.45. The maximum Gasteiger partial charge on any atom is 0.103 e. The molecule has 0 aliphatic heterocycles. The first kappa shape index (κ1) is 13.4. The average molecular weight is 316 g/mol. The predicted molar refractivity (Wildman–Crippen MR) is 82.9 cm³/mol. The van der Waals surface area contributed by atoms with Crippen LogP contribution in [0, 0.1) is 11.3 Å². The van der Waals surface area contributed by atoms with Gasteiger partial charge in [-0.25, -0.2) is 0 Å². The van der Waals surface area contributed by atoms with E-state index in [1.807, 2.05) is 61.5 Å². The van der Waals surface area contributed by atoms with E-state index in [0.717, 1.165) is 21.5 Å². The lowest BCUT2D eigenvalue weighted by Gasteiger charge is -2.14. The number of hydrogen-bond donors (Lipinski definition) is 1. The van der Waals surface area contributed by atoms with Gasteiger partial charge in [-0.3, -0.25) is 0 Å². The molecule has 0 saturated heterocycles. The molecule has 2 aromatic rings. The number of nitriles is 1. The van der Waals surface area contributed by atoms with Crippen molar-refractivity contribution in [2.45, 2.75) is 0 Å². The van der Waals surface area contributed by atoms with Crippen LogP contribution >= 0.6 is 15.9 Å². The molecule has 0 amide bonds. The van der Waals surface area contributed by atoms with Crippen LogP contribution < -0.4 is 10.2 Å². The summed E-state index contributed by atoms with van der Waals surface area (Å²) in [6.45, 7) is 0. The summed E-state index contributed by atoms with van der Waals surface area (Å²) in [5.74, 6) is 0. The van der Waals surface area contributed by atoms with Gasteiger partial charge >= 0.3 is 0 Å². The van der Waals surface area contributed by atoms with Gasteiger partial charge in [0.15, 0.2) is 0 Å². The Morgan fingerprint density at radius 1 is 1.11 bits per heavy atom. The van der Waals surface area contributed by atoms with Gasteiger partial charge in [0.25, 0.3) is 0 Å². The van der Waals surface area contributed by atoms with Crippen molar-refractivity contribution in [3.05, 3.63) is 52.5 Å². The lowest BCUT2D eigenvalue weighted by Crippen LogP contribution is -2.08. The Morgan fingerprint density at radius 2 is 1.79 bits per heavy atom. The number of anilines is 3. The summed E-state index contributed by atoms with van der Waals surface area (Å²) in [7, 11) is 4.01. The van der Waals surface area contributed by atoms with Crippen LogP contribution in [-0.4, -0.2) is 14.1 Å². The minimum Gasteiger partial charge on any atom is -0.378 e. The Labute approximate surface area is 121 Å². The fourth-order valence-electron chi connectivity index (χ4n) is 1.74. The number of benzene rings is 2. The molecule has 0 fully saturated rings. The summed E-state index contributed by atoms with van der Waals surface area (Å²) < 4.78 is 0.796. The highest BCUT2D eigenvalue weighted by molar-refractivity contribution is 9.10. The first-order valence-corrected chi connectivity index (χ1v) is 6.64. The largest absolute Gasteiger partial charge is 0.378 e. The highest BCUT2D eigenvalue weighted by Crippen LogP contribution is 2.27. The predicted octanol–water partition coefficient (Wildman–Crippen LogP) is 4.13. The molecule has 19 heavy (non-hydrogen) atoms. The van der Waals surface area contributed by atoms with Crippen molar-refractivity contribution in [2.75, 3.05) is 24.3 Å². The zero-order valence-corrected chi connectivity index (χ0v) is 12.4. The zero-order chi connectivity index (χ0) is 13.8. The second-order valence-corrected chi connectivity index (χ2v) is 5.19. The third kappa shape index (κ3) is 3.07. The minimum atomic E-state index is 0.610. The lowest BCUT2D eigenvalue weighted by atomic mass is 10.2. The van der Waals surface area contributed by atoms with Gasteiger partial charge in [-0.1, -0.05) is 6.07 Å². The van der Waals surface area contributed by atoms with Gasteiger partial charge < -0.3 is 10.2 Å². The smallest absolute Gasteiger partial charge is 0.103 e. The molecule has 1 N–H and O–H groups in total. The van der Waals surface area contributed by atoms with Crippen LogP contribution in [0.3, 0.4) is 0 Å². The van der Waals surface area contributed by atoms with Gasteiger partial charge in [-0.15, -0.1) is 0 Å². The first-order chi connectivity index (χ1) is 9.11. The molecule has 0 aliphatic rings. The number of rotatable bonds is 3. The van der Waals surface area contributed by atoms with Crippen molar-refractivity contribution in [3.63, 3.8) is 0 Å². The molecule has 0 aliphatic carbocycles. The van der Waals surface area contributed by atoms with E-state index in [1.54, 1.807) is 0 Å². The van der Waals surface area contributed by atoms with Crippen LogP contribution in [0.15, 0.2) is 46.9 Å². The molecule has 0 bridgehead atoms. The van der Waals surface area contributed by atoms with Crippen LogP contribution in [0.25, 0.3) is 0 Å². The summed E-state index contributed by atoms with van der Waals surface area (Å²) in [6.07, 6.45) is 0. The van der Waals surface area contributed by atoms with Crippen LogP contribution in [-0.2, 0) is 0 Å². The van der Waals surface area contributed by atoms with E-state index in [4.69, 9.17) is 5.26 Å². The van der Waals surface area contributed by atoms with E-state index in [2.05, 4.69) is 27.3 Å². The average Bonchev–Trinajstić information content (AvgIpc) is 2.39. The second kappa shape index (κ2) is 5.77. The molecule has 2 aromatic carbocycles.